The van der Waals surface area contributed by atoms with Crippen LogP contribution < -0.4 is 5.73 Å². The zero-order valence-corrected chi connectivity index (χ0v) is 10.3. The Balaban J connectivity index is 3.84. The highest BCUT2D eigenvalue weighted by Gasteiger charge is 2.34. The van der Waals surface area contributed by atoms with Crippen LogP contribution in [-0.4, -0.2) is 26.7 Å². The van der Waals surface area contributed by atoms with Gasteiger partial charge in [0, 0.05) is 11.1 Å². The van der Waals surface area contributed by atoms with Crippen LogP contribution >= 0.6 is 0 Å². The quantitative estimate of drug-likeness (QED) is 0.541. The first-order valence-electron chi connectivity index (χ1n) is 5.25. The highest BCUT2D eigenvalue weighted by Crippen LogP contribution is 2.43. The number of benzene rings is 1. The first kappa shape index (κ1) is 14.8. The van der Waals surface area contributed by atoms with Crippen molar-refractivity contribution in [3.63, 3.8) is 0 Å². The molecule has 1 atom stereocenters. The van der Waals surface area contributed by atoms with Crippen molar-refractivity contribution in [2.45, 2.75) is 19.9 Å². The summed E-state index contributed by atoms with van der Waals surface area (Å²) in [7, 11) is 0. The van der Waals surface area contributed by atoms with E-state index in [1.54, 1.807) is 0 Å². The summed E-state index contributed by atoms with van der Waals surface area (Å²) in [6, 6.07) is -1.14. The number of hydrogen-bond donors (Lipinski definition) is 3. The normalized spacial score (nSPS) is 12.2. The Hall–Kier alpha value is -2.26. The van der Waals surface area contributed by atoms with Crippen molar-refractivity contribution < 1.29 is 20.1 Å². The molecule has 0 saturated carbocycles. The van der Waals surface area contributed by atoms with Gasteiger partial charge in [-0.3, -0.25) is 20.2 Å². The van der Waals surface area contributed by atoms with E-state index in [1.165, 1.54) is 13.8 Å². The third-order valence-electron chi connectivity index (χ3n) is 2.88. The molecule has 0 unspecified atom stereocenters. The highest BCUT2D eigenvalue weighted by molar-refractivity contribution is 5.69. The molecule has 1 aromatic carbocycles. The predicted octanol–water partition coefficient (Wildman–Crippen LogP) is 0.818. The van der Waals surface area contributed by atoms with Crippen molar-refractivity contribution in [3.8, 4) is 5.75 Å². The maximum atomic E-state index is 11.0. The molecule has 9 nitrogen and oxygen atoms in total. The zero-order valence-electron chi connectivity index (χ0n) is 10.3. The van der Waals surface area contributed by atoms with Gasteiger partial charge in [0.25, 0.3) is 5.69 Å². The second kappa shape index (κ2) is 5.16. The lowest BCUT2D eigenvalue weighted by Gasteiger charge is -2.15. The molecule has 0 saturated heterocycles. The predicted molar refractivity (Wildman–Crippen MR) is 64.9 cm³/mol. The molecule has 0 aliphatic rings. The van der Waals surface area contributed by atoms with E-state index in [4.69, 9.17) is 10.8 Å². The fourth-order valence-electron chi connectivity index (χ4n) is 2.05. The molecule has 0 aromatic heterocycles. The molecular formula is C10H13N3O6. The SMILES string of the molecule is Cc1c([C@H](N)CO)c(O)c([N+](=O)[O-])c(C)c1[N+](=O)[O-]. The maximum Gasteiger partial charge on any atom is 0.320 e. The lowest BCUT2D eigenvalue weighted by molar-refractivity contribution is -0.396. The molecule has 1 aromatic rings. The van der Waals surface area contributed by atoms with Crippen molar-refractivity contribution in [2.24, 2.45) is 5.73 Å². The molecular weight excluding hydrogens is 258 g/mol. The Kier molecular flexibility index (Phi) is 4.02. The summed E-state index contributed by atoms with van der Waals surface area (Å²) in [5.41, 5.74) is 3.85. The highest BCUT2D eigenvalue weighted by atomic mass is 16.6. The molecule has 0 heterocycles. The van der Waals surface area contributed by atoms with Gasteiger partial charge >= 0.3 is 5.69 Å². The van der Waals surface area contributed by atoms with Gasteiger partial charge in [-0.25, -0.2) is 0 Å². The van der Waals surface area contributed by atoms with Crippen LogP contribution in [0.25, 0.3) is 0 Å². The average Bonchev–Trinajstić information content (AvgIpc) is 2.26. The smallest absolute Gasteiger partial charge is 0.320 e. The Morgan fingerprint density at radius 1 is 1.16 bits per heavy atom. The number of phenols is 1. The summed E-state index contributed by atoms with van der Waals surface area (Å²) in [4.78, 5) is 20.2. The molecule has 0 aliphatic carbocycles. The number of nitro benzene ring substituents is 2. The van der Waals surface area contributed by atoms with E-state index in [-0.39, 0.29) is 16.7 Å². The number of aromatic hydroxyl groups is 1. The van der Waals surface area contributed by atoms with E-state index >= 15 is 0 Å². The summed E-state index contributed by atoms with van der Waals surface area (Å²) >= 11 is 0. The van der Waals surface area contributed by atoms with E-state index in [9.17, 15) is 25.3 Å². The minimum absolute atomic E-state index is 0.00662. The molecule has 0 amide bonds. The first-order valence-corrected chi connectivity index (χ1v) is 5.25. The molecule has 19 heavy (non-hydrogen) atoms. The van der Waals surface area contributed by atoms with Crippen LogP contribution in [0.2, 0.25) is 0 Å². The van der Waals surface area contributed by atoms with Crippen LogP contribution in [0.5, 0.6) is 5.75 Å². The molecule has 9 heteroatoms. The topological polar surface area (TPSA) is 153 Å². The molecule has 0 aliphatic heterocycles. The number of rotatable bonds is 4. The van der Waals surface area contributed by atoms with E-state index in [2.05, 4.69) is 0 Å². The van der Waals surface area contributed by atoms with E-state index in [1.807, 2.05) is 0 Å². The van der Waals surface area contributed by atoms with Crippen molar-refractivity contribution >= 4 is 11.4 Å². The third-order valence-corrected chi connectivity index (χ3v) is 2.88. The van der Waals surface area contributed by atoms with Gasteiger partial charge in [0.2, 0.25) is 0 Å². The van der Waals surface area contributed by atoms with E-state index < -0.39 is 39.6 Å². The van der Waals surface area contributed by atoms with E-state index in [0.29, 0.717) is 0 Å². The Bertz CT molecular complexity index is 516. The lowest BCUT2D eigenvalue weighted by Crippen LogP contribution is -2.18. The van der Waals surface area contributed by atoms with Crippen LogP contribution in [0.3, 0.4) is 0 Å². The Labute approximate surface area is 107 Å². The van der Waals surface area contributed by atoms with Gasteiger partial charge in [-0.2, -0.15) is 0 Å². The molecule has 0 bridgehead atoms. The number of aliphatic hydroxyl groups excluding tert-OH is 1. The van der Waals surface area contributed by atoms with Crippen LogP contribution in [0.1, 0.15) is 22.7 Å². The summed E-state index contributed by atoms with van der Waals surface area (Å²) in [5, 5.41) is 40.8. The standard InChI is InChI=1S/C10H13N3O6/c1-4-7(6(11)3-14)10(15)9(13(18)19)5(2)8(4)12(16)17/h6,14-15H,3,11H2,1-2H3/t6-/m1/s1. The van der Waals surface area contributed by atoms with Crippen molar-refractivity contribution in [3.05, 3.63) is 36.9 Å². The molecule has 104 valence electrons. The summed E-state index contributed by atoms with van der Waals surface area (Å²) in [5.74, 6) is -0.743. The molecule has 0 fully saturated rings. The average molecular weight is 271 g/mol. The molecule has 0 spiro atoms. The second-order valence-electron chi connectivity index (χ2n) is 4.01. The van der Waals surface area contributed by atoms with Gasteiger partial charge < -0.3 is 15.9 Å². The monoisotopic (exact) mass is 271 g/mol. The molecule has 0 radical (unpaired) electrons. The summed E-state index contributed by atoms with van der Waals surface area (Å²) in [6.45, 7) is 1.89. The van der Waals surface area contributed by atoms with Gasteiger partial charge in [-0.1, -0.05) is 0 Å². The first-order chi connectivity index (χ1) is 8.73. The van der Waals surface area contributed by atoms with Gasteiger partial charge in [-0.05, 0) is 13.8 Å². The number of nitrogens with zero attached hydrogens (tertiary/aromatic N) is 2. The van der Waals surface area contributed by atoms with Crippen LogP contribution in [-0.2, 0) is 0 Å². The lowest BCUT2D eigenvalue weighted by atomic mass is 9.95. The number of phenolic OH excluding ortho intramolecular Hbond substituents is 1. The van der Waals surface area contributed by atoms with Crippen molar-refractivity contribution in [1.29, 1.82) is 0 Å². The van der Waals surface area contributed by atoms with Gasteiger partial charge in [-0.15, -0.1) is 0 Å². The second-order valence-corrected chi connectivity index (χ2v) is 4.01. The van der Waals surface area contributed by atoms with Crippen LogP contribution in [0.4, 0.5) is 11.4 Å². The fraction of sp³-hybridized carbons (Fsp3) is 0.400. The summed E-state index contributed by atoms with van der Waals surface area (Å²) < 4.78 is 0. The fourth-order valence-corrected chi connectivity index (χ4v) is 2.05. The molecule has 1 rings (SSSR count). The van der Waals surface area contributed by atoms with Gasteiger partial charge in [0.15, 0.2) is 5.75 Å². The minimum Gasteiger partial charge on any atom is -0.502 e. The summed E-state index contributed by atoms with van der Waals surface area (Å²) in [6.07, 6.45) is 0. The number of aliphatic hydroxyl groups is 1. The van der Waals surface area contributed by atoms with E-state index in [0.717, 1.165) is 0 Å². The number of nitrogens with two attached hydrogens (primary N) is 1. The van der Waals surface area contributed by atoms with Crippen molar-refractivity contribution in [1.82, 2.24) is 0 Å². The minimum atomic E-state index is -1.14. The van der Waals surface area contributed by atoms with Crippen LogP contribution in [0, 0.1) is 34.1 Å². The van der Waals surface area contributed by atoms with Crippen molar-refractivity contribution in [2.75, 3.05) is 6.61 Å². The zero-order chi connectivity index (χ0) is 14.9. The maximum absolute atomic E-state index is 11.0. The molecule has 4 N–H and O–H groups in total. The number of nitro groups is 2. The van der Waals surface area contributed by atoms with Gasteiger partial charge in [0.05, 0.1) is 22.5 Å². The van der Waals surface area contributed by atoms with Gasteiger partial charge in [0.1, 0.15) is 5.56 Å². The number of hydrogen-bond acceptors (Lipinski definition) is 7. The Morgan fingerprint density at radius 2 is 1.63 bits per heavy atom. The Morgan fingerprint density at radius 3 is 2.00 bits per heavy atom. The largest absolute Gasteiger partial charge is 0.502 e. The van der Waals surface area contributed by atoms with Crippen LogP contribution in [0.15, 0.2) is 0 Å². The third kappa shape index (κ3) is 2.33.